The zero-order valence-electron chi connectivity index (χ0n) is 7.99. The highest BCUT2D eigenvalue weighted by Crippen LogP contribution is 2.02. The third-order valence-electron chi connectivity index (χ3n) is 1.66. The minimum atomic E-state index is -0.480. The van der Waals surface area contributed by atoms with Crippen molar-refractivity contribution in [2.24, 2.45) is 11.5 Å². The molecule has 4 nitrogen and oxygen atoms in total. The largest absolute Gasteiger partial charge is 0.369 e. The van der Waals surface area contributed by atoms with Crippen LogP contribution in [0.5, 0.6) is 0 Å². The summed E-state index contributed by atoms with van der Waals surface area (Å²) in [6.07, 6.45) is 0.0254. The number of amides is 2. The Morgan fingerprint density at radius 3 is 2.20 bits per heavy atom. The Kier molecular flexibility index (Phi) is 3.47. The predicted molar refractivity (Wildman–Crippen MR) is 55.6 cm³/mol. The first-order valence-corrected chi connectivity index (χ1v) is 4.26. The zero-order chi connectivity index (χ0) is 11.3. The second kappa shape index (κ2) is 4.82. The molecule has 0 aromatic heterocycles. The number of hydrogen-bond donors (Lipinski definition) is 2. The summed E-state index contributed by atoms with van der Waals surface area (Å²) in [5.74, 6) is 4.41. The van der Waals surface area contributed by atoms with E-state index in [-0.39, 0.29) is 6.42 Å². The van der Waals surface area contributed by atoms with Crippen LogP contribution in [0.1, 0.15) is 22.3 Å². The molecule has 0 fully saturated rings. The van der Waals surface area contributed by atoms with E-state index >= 15 is 0 Å². The van der Waals surface area contributed by atoms with Crippen molar-refractivity contribution in [3.8, 4) is 11.8 Å². The average Bonchev–Trinajstić information content (AvgIpc) is 2.18. The molecule has 0 saturated heterocycles. The summed E-state index contributed by atoms with van der Waals surface area (Å²) in [5.41, 5.74) is 11.1. The van der Waals surface area contributed by atoms with Crippen LogP contribution in [-0.4, -0.2) is 11.8 Å². The Bertz CT molecular complexity index is 438. The van der Waals surface area contributed by atoms with E-state index in [2.05, 4.69) is 11.8 Å². The highest BCUT2D eigenvalue weighted by molar-refractivity contribution is 5.92. The molecule has 76 valence electrons. The summed E-state index contributed by atoms with van der Waals surface area (Å²) in [4.78, 5) is 21.1. The third kappa shape index (κ3) is 3.53. The Morgan fingerprint density at radius 1 is 1.13 bits per heavy atom. The monoisotopic (exact) mass is 202 g/mol. The number of carbonyl (C=O) groups is 2. The maximum atomic E-state index is 10.7. The maximum absolute atomic E-state index is 10.7. The molecule has 0 radical (unpaired) electrons. The molecule has 0 spiro atoms. The van der Waals surface area contributed by atoms with Crippen LogP contribution in [0, 0.1) is 11.8 Å². The molecule has 0 aliphatic rings. The first-order chi connectivity index (χ1) is 7.09. The molecule has 4 heteroatoms. The van der Waals surface area contributed by atoms with Crippen LogP contribution in [0.4, 0.5) is 0 Å². The fourth-order valence-corrected chi connectivity index (χ4v) is 0.951. The first kappa shape index (κ1) is 10.8. The van der Waals surface area contributed by atoms with Crippen LogP contribution >= 0.6 is 0 Å². The highest BCUT2D eigenvalue weighted by Gasteiger charge is 1.97. The van der Waals surface area contributed by atoms with Crippen LogP contribution < -0.4 is 11.5 Å². The molecule has 15 heavy (non-hydrogen) atoms. The number of rotatable bonds is 2. The number of benzene rings is 1. The second-order valence-electron chi connectivity index (χ2n) is 2.89. The van der Waals surface area contributed by atoms with Gasteiger partial charge in [-0.15, -0.1) is 0 Å². The highest BCUT2D eigenvalue weighted by atomic mass is 16.1. The predicted octanol–water partition coefficient (Wildman–Crippen LogP) is 0.0124. The molecular formula is C11H10N2O2. The van der Waals surface area contributed by atoms with Crippen LogP contribution in [0.3, 0.4) is 0 Å². The van der Waals surface area contributed by atoms with Crippen molar-refractivity contribution in [2.75, 3.05) is 0 Å². The van der Waals surface area contributed by atoms with Gasteiger partial charge in [0.1, 0.15) is 0 Å². The van der Waals surface area contributed by atoms with Gasteiger partial charge < -0.3 is 11.5 Å². The maximum Gasteiger partial charge on any atom is 0.248 e. The van der Waals surface area contributed by atoms with Gasteiger partial charge in [0.25, 0.3) is 0 Å². The van der Waals surface area contributed by atoms with Crippen molar-refractivity contribution in [3.63, 3.8) is 0 Å². The molecule has 0 unspecified atom stereocenters. The lowest BCUT2D eigenvalue weighted by atomic mass is 10.1. The topological polar surface area (TPSA) is 86.2 Å². The van der Waals surface area contributed by atoms with Crippen molar-refractivity contribution >= 4 is 11.8 Å². The average molecular weight is 202 g/mol. The fraction of sp³-hybridized carbons (Fsp3) is 0.0909. The molecular weight excluding hydrogens is 192 g/mol. The Balaban J connectivity index is 2.75. The number of nitrogens with two attached hydrogens (primary N) is 2. The van der Waals surface area contributed by atoms with E-state index < -0.39 is 11.8 Å². The van der Waals surface area contributed by atoms with Gasteiger partial charge >= 0.3 is 0 Å². The minimum Gasteiger partial charge on any atom is -0.369 e. The molecule has 0 aliphatic carbocycles. The molecule has 1 aromatic carbocycles. The van der Waals surface area contributed by atoms with Gasteiger partial charge in [-0.1, -0.05) is 11.8 Å². The smallest absolute Gasteiger partial charge is 0.248 e. The summed E-state index contributed by atoms with van der Waals surface area (Å²) >= 11 is 0. The van der Waals surface area contributed by atoms with Gasteiger partial charge in [-0.3, -0.25) is 9.59 Å². The minimum absolute atomic E-state index is 0.0254. The molecule has 0 bridgehead atoms. The van der Waals surface area contributed by atoms with Gasteiger partial charge in [0.2, 0.25) is 11.8 Å². The van der Waals surface area contributed by atoms with Gasteiger partial charge in [-0.2, -0.15) is 0 Å². The molecule has 0 saturated carbocycles. The van der Waals surface area contributed by atoms with E-state index in [0.29, 0.717) is 11.1 Å². The molecule has 0 heterocycles. The molecule has 4 N–H and O–H groups in total. The van der Waals surface area contributed by atoms with Gasteiger partial charge in [0, 0.05) is 11.1 Å². The zero-order valence-corrected chi connectivity index (χ0v) is 7.99. The molecule has 1 aromatic rings. The standard InChI is InChI=1S/C11H10N2O2/c12-10(14)3-1-2-8-4-6-9(7-5-8)11(13)15/h4-7H,3H2,(H2,12,14)(H2,13,15). The van der Waals surface area contributed by atoms with Crippen LogP contribution in [0.25, 0.3) is 0 Å². The van der Waals surface area contributed by atoms with Gasteiger partial charge in [-0.25, -0.2) is 0 Å². The lowest BCUT2D eigenvalue weighted by Gasteiger charge is -1.94. The first-order valence-electron chi connectivity index (χ1n) is 4.26. The van der Waals surface area contributed by atoms with Gasteiger partial charge in [-0.05, 0) is 24.3 Å². The van der Waals surface area contributed by atoms with E-state index in [1.165, 1.54) is 0 Å². The van der Waals surface area contributed by atoms with Crippen molar-refractivity contribution in [3.05, 3.63) is 35.4 Å². The Hall–Kier alpha value is -2.28. The lowest BCUT2D eigenvalue weighted by molar-refractivity contribution is -0.117. The Labute approximate surface area is 87.3 Å². The van der Waals surface area contributed by atoms with Crippen LogP contribution in [0.2, 0.25) is 0 Å². The third-order valence-corrected chi connectivity index (χ3v) is 1.66. The van der Waals surface area contributed by atoms with Gasteiger partial charge in [0.15, 0.2) is 0 Å². The summed E-state index contributed by atoms with van der Waals surface area (Å²) in [6, 6.07) is 6.48. The van der Waals surface area contributed by atoms with Crippen molar-refractivity contribution in [2.45, 2.75) is 6.42 Å². The van der Waals surface area contributed by atoms with Crippen LogP contribution in [0.15, 0.2) is 24.3 Å². The molecule has 0 aliphatic heterocycles. The number of hydrogen-bond acceptors (Lipinski definition) is 2. The van der Waals surface area contributed by atoms with Crippen LogP contribution in [-0.2, 0) is 4.79 Å². The second-order valence-corrected chi connectivity index (χ2v) is 2.89. The van der Waals surface area contributed by atoms with E-state index in [4.69, 9.17) is 11.5 Å². The number of carbonyl (C=O) groups excluding carboxylic acids is 2. The fourth-order valence-electron chi connectivity index (χ4n) is 0.951. The van der Waals surface area contributed by atoms with E-state index in [0.717, 1.165) is 0 Å². The lowest BCUT2D eigenvalue weighted by Crippen LogP contribution is -2.10. The number of primary amides is 2. The molecule has 1 rings (SSSR count). The Morgan fingerprint density at radius 2 is 1.73 bits per heavy atom. The van der Waals surface area contributed by atoms with E-state index in [1.807, 2.05) is 0 Å². The summed E-state index contributed by atoms with van der Waals surface area (Å²) in [7, 11) is 0. The molecule has 0 atom stereocenters. The summed E-state index contributed by atoms with van der Waals surface area (Å²) < 4.78 is 0. The molecule has 2 amide bonds. The quantitative estimate of drug-likeness (QED) is 0.662. The van der Waals surface area contributed by atoms with E-state index in [9.17, 15) is 9.59 Å². The SMILES string of the molecule is NC(=O)CC#Cc1ccc(C(N)=O)cc1. The normalized spacial score (nSPS) is 8.80. The summed E-state index contributed by atoms with van der Waals surface area (Å²) in [5, 5.41) is 0. The van der Waals surface area contributed by atoms with Gasteiger partial charge in [0.05, 0.1) is 6.42 Å². The van der Waals surface area contributed by atoms with Crippen molar-refractivity contribution < 1.29 is 9.59 Å². The van der Waals surface area contributed by atoms with Crippen molar-refractivity contribution in [1.82, 2.24) is 0 Å². The van der Waals surface area contributed by atoms with Crippen molar-refractivity contribution in [1.29, 1.82) is 0 Å². The van der Waals surface area contributed by atoms with E-state index in [1.54, 1.807) is 24.3 Å². The summed E-state index contributed by atoms with van der Waals surface area (Å²) in [6.45, 7) is 0.